The number of aryl methyl sites for hydroxylation is 2. The highest BCUT2D eigenvalue weighted by Gasteiger charge is 2.16. The molecule has 0 saturated heterocycles. The normalized spacial score (nSPS) is 12.2. The Morgan fingerprint density at radius 3 is 2.90 bits per heavy atom. The third-order valence-electron chi connectivity index (χ3n) is 3.27. The second-order valence-electron chi connectivity index (χ2n) is 5.06. The Kier molecular flexibility index (Phi) is 4.67. The maximum Gasteiger partial charge on any atom is 0.291 e. The van der Waals surface area contributed by atoms with E-state index in [4.69, 9.17) is 0 Å². The highest BCUT2D eigenvalue weighted by Crippen LogP contribution is 2.16. The average molecular weight is 290 g/mol. The number of aromatic nitrogens is 3. The fourth-order valence-electron chi connectivity index (χ4n) is 1.97. The zero-order chi connectivity index (χ0) is 15.4. The summed E-state index contributed by atoms with van der Waals surface area (Å²) in [5, 5.41) is 9.39. The van der Waals surface area contributed by atoms with Gasteiger partial charge in [-0.05, 0) is 37.5 Å². The molecule has 0 radical (unpaired) electrons. The van der Waals surface area contributed by atoms with Crippen molar-refractivity contribution in [3.63, 3.8) is 0 Å². The molecule has 0 bridgehead atoms. The molecular weight excluding hydrogens is 271 g/mol. The number of benzene rings is 1. The molecule has 5 nitrogen and oxygen atoms in total. The van der Waals surface area contributed by atoms with Crippen molar-refractivity contribution < 1.29 is 9.18 Å². The number of rotatable bonds is 5. The number of amides is 1. The summed E-state index contributed by atoms with van der Waals surface area (Å²) >= 11 is 0. The lowest BCUT2D eigenvalue weighted by Crippen LogP contribution is -2.27. The third kappa shape index (κ3) is 3.65. The molecule has 2 rings (SSSR count). The molecule has 0 aliphatic rings. The molecule has 1 heterocycles. The molecule has 1 atom stereocenters. The van der Waals surface area contributed by atoms with Gasteiger partial charge in [-0.2, -0.15) is 0 Å². The molecular formula is C15H19FN4O. The smallest absolute Gasteiger partial charge is 0.291 e. The summed E-state index contributed by atoms with van der Waals surface area (Å²) < 4.78 is 13.5. The van der Waals surface area contributed by atoms with Gasteiger partial charge in [0.15, 0.2) is 0 Å². The zero-order valence-electron chi connectivity index (χ0n) is 12.4. The van der Waals surface area contributed by atoms with Crippen LogP contribution >= 0.6 is 0 Å². The summed E-state index contributed by atoms with van der Waals surface area (Å²) in [5.41, 5.74) is 1.28. The van der Waals surface area contributed by atoms with Gasteiger partial charge in [0, 0.05) is 6.42 Å². The van der Waals surface area contributed by atoms with E-state index in [1.54, 1.807) is 26.0 Å². The van der Waals surface area contributed by atoms with E-state index in [9.17, 15) is 9.18 Å². The summed E-state index contributed by atoms with van der Waals surface area (Å²) in [6.07, 6.45) is 1.67. The van der Waals surface area contributed by atoms with Crippen molar-refractivity contribution in [1.82, 2.24) is 20.5 Å². The molecule has 2 aromatic rings. The minimum absolute atomic E-state index is 0.109. The first-order valence-corrected chi connectivity index (χ1v) is 6.99. The molecule has 2 N–H and O–H groups in total. The van der Waals surface area contributed by atoms with Crippen LogP contribution in [0.3, 0.4) is 0 Å². The topological polar surface area (TPSA) is 70.7 Å². The second kappa shape index (κ2) is 6.47. The lowest BCUT2D eigenvalue weighted by Gasteiger charge is -2.13. The van der Waals surface area contributed by atoms with Gasteiger partial charge in [0.2, 0.25) is 5.82 Å². The molecule has 0 fully saturated rings. The maximum absolute atomic E-state index is 13.5. The zero-order valence-corrected chi connectivity index (χ0v) is 12.4. The molecule has 21 heavy (non-hydrogen) atoms. The molecule has 0 saturated carbocycles. The molecule has 112 valence electrons. The van der Waals surface area contributed by atoms with Crippen molar-refractivity contribution in [2.75, 3.05) is 0 Å². The van der Waals surface area contributed by atoms with Gasteiger partial charge in [-0.15, -0.1) is 5.10 Å². The number of nitrogens with one attached hydrogen (secondary N) is 2. The fourth-order valence-corrected chi connectivity index (χ4v) is 1.97. The van der Waals surface area contributed by atoms with Crippen molar-refractivity contribution in [3.8, 4) is 0 Å². The van der Waals surface area contributed by atoms with Crippen LogP contribution in [0, 0.1) is 12.7 Å². The quantitative estimate of drug-likeness (QED) is 0.889. The van der Waals surface area contributed by atoms with Crippen LogP contribution in [0.4, 0.5) is 4.39 Å². The minimum atomic E-state index is -0.373. The first kappa shape index (κ1) is 15.2. The summed E-state index contributed by atoms with van der Waals surface area (Å²) in [5.74, 6) is 0.147. The van der Waals surface area contributed by atoms with Crippen LogP contribution in [-0.4, -0.2) is 21.1 Å². The Morgan fingerprint density at radius 2 is 2.24 bits per heavy atom. The standard InChI is InChI=1S/C15H19FN4O/c1-4-5-13-18-14(20-19-13)15(21)17-10(3)11-7-6-9(2)12(16)8-11/h6-8,10H,4-5H2,1-3H3,(H,17,21)(H,18,19,20). The fraction of sp³-hybridized carbons (Fsp3) is 0.400. The SMILES string of the molecule is CCCc1nc(C(=O)NC(C)c2ccc(C)c(F)c2)n[nH]1. The molecule has 6 heteroatoms. The Balaban J connectivity index is 2.05. The highest BCUT2D eigenvalue weighted by atomic mass is 19.1. The average Bonchev–Trinajstić information content (AvgIpc) is 2.91. The number of hydrogen-bond acceptors (Lipinski definition) is 3. The van der Waals surface area contributed by atoms with E-state index in [-0.39, 0.29) is 23.6 Å². The third-order valence-corrected chi connectivity index (χ3v) is 3.27. The van der Waals surface area contributed by atoms with Crippen LogP contribution < -0.4 is 5.32 Å². The van der Waals surface area contributed by atoms with Gasteiger partial charge in [-0.3, -0.25) is 9.89 Å². The van der Waals surface area contributed by atoms with Gasteiger partial charge in [0.25, 0.3) is 5.91 Å². The van der Waals surface area contributed by atoms with E-state index in [0.717, 1.165) is 12.8 Å². The van der Waals surface area contributed by atoms with Crippen LogP contribution in [0.15, 0.2) is 18.2 Å². The molecule has 1 unspecified atom stereocenters. The number of hydrogen-bond donors (Lipinski definition) is 2. The number of nitrogens with zero attached hydrogens (tertiary/aromatic N) is 2. The Bertz CT molecular complexity index is 638. The molecule has 0 aliphatic heterocycles. The van der Waals surface area contributed by atoms with E-state index in [2.05, 4.69) is 20.5 Å². The van der Waals surface area contributed by atoms with Gasteiger partial charge < -0.3 is 5.32 Å². The molecule has 0 aliphatic carbocycles. The monoisotopic (exact) mass is 290 g/mol. The second-order valence-corrected chi connectivity index (χ2v) is 5.06. The molecule has 1 aromatic carbocycles. The van der Waals surface area contributed by atoms with Gasteiger partial charge in [-0.1, -0.05) is 19.1 Å². The van der Waals surface area contributed by atoms with Gasteiger partial charge >= 0.3 is 0 Å². The predicted octanol–water partition coefficient (Wildman–Crippen LogP) is 2.70. The van der Waals surface area contributed by atoms with Crippen LogP contribution in [0.2, 0.25) is 0 Å². The number of H-pyrrole nitrogens is 1. The number of halogens is 1. The lowest BCUT2D eigenvalue weighted by molar-refractivity contribution is 0.0929. The van der Waals surface area contributed by atoms with Crippen molar-refractivity contribution in [3.05, 3.63) is 46.8 Å². The molecule has 0 spiro atoms. The van der Waals surface area contributed by atoms with E-state index in [0.29, 0.717) is 17.0 Å². The van der Waals surface area contributed by atoms with Crippen molar-refractivity contribution in [2.24, 2.45) is 0 Å². The van der Waals surface area contributed by atoms with Gasteiger partial charge in [0.05, 0.1) is 6.04 Å². The highest BCUT2D eigenvalue weighted by molar-refractivity contribution is 5.90. The summed E-state index contributed by atoms with van der Waals surface area (Å²) in [6.45, 7) is 5.52. The predicted molar refractivity (Wildman–Crippen MR) is 77.4 cm³/mol. The number of carbonyl (C=O) groups is 1. The summed E-state index contributed by atoms with van der Waals surface area (Å²) in [7, 11) is 0. The van der Waals surface area contributed by atoms with E-state index < -0.39 is 0 Å². The first-order chi connectivity index (χ1) is 10.0. The minimum Gasteiger partial charge on any atom is -0.343 e. The maximum atomic E-state index is 13.5. The van der Waals surface area contributed by atoms with E-state index in [1.165, 1.54) is 6.07 Å². The van der Waals surface area contributed by atoms with Crippen LogP contribution in [0.25, 0.3) is 0 Å². The van der Waals surface area contributed by atoms with Crippen LogP contribution in [-0.2, 0) is 6.42 Å². The first-order valence-electron chi connectivity index (χ1n) is 6.99. The van der Waals surface area contributed by atoms with Crippen LogP contribution in [0.1, 0.15) is 53.9 Å². The van der Waals surface area contributed by atoms with Gasteiger partial charge in [0.1, 0.15) is 11.6 Å². The number of aromatic amines is 1. The number of carbonyl (C=O) groups excluding carboxylic acids is 1. The Labute approximate surface area is 123 Å². The summed E-state index contributed by atoms with van der Waals surface area (Å²) in [6, 6.07) is 4.60. The molecule has 1 aromatic heterocycles. The van der Waals surface area contributed by atoms with E-state index in [1.807, 2.05) is 6.92 Å². The van der Waals surface area contributed by atoms with Crippen molar-refractivity contribution >= 4 is 5.91 Å². The van der Waals surface area contributed by atoms with Crippen molar-refractivity contribution in [1.29, 1.82) is 0 Å². The van der Waals surface area contributed by atoms with Crippen molar-refractivity contribution in [2.45, 2.75) is 39.7 Å². The summed E-state index contributed by atoms with van der Waals surface area (Å²) in [4.78, 5) is 16.2. The Hall–Kier alpha value is -2.24. The van der Waals surface area contributed by atoms with E-state index >= 15 is 0 Å². The van der Waals surface area contributed by atoms with Crippen LogP contribution in [0.5, 0.6) is 0 Å². The lowest BCUT2D eigenvalue weighted by atomic mass is 10.1. The Morgan fingerprint density at radius 1 is 1.48 bits per heavy atom. The largest absolute Gasteiger partial charge is 0.343 e. The van der Waals surface area contributed by atoms with Gasteiger partial charge in [-0.25, -0.2) is 9.37 Å². The molecule has 1 amide bonds.